The number of anilines is 1. The molecule has 2 amide bonds. The van der Waals surface area contributed by atoms with Gasteiger partial charge in [0.15, 0.2) is 5.13 Å². The third kappa shape index (κ3) is 7.78. The van der Waals surface area contributed by atoms with Gasteiger partial charge in [0.25, 0.3) is 5.91 Å². The summed E-state index contributed by atoms with van der Waals surface area (Å²) in [5, 5.41) is 13.9. The van der Waals surface area contributed by atoms with Gasteiger partial charge in [0.1, 0.15) is 5.76 Å². The van der Waals surface area contributed by atoms with E-state index in [-0.39, 0.29) is 23.9 Å². The Morgan fingerprint density at radius 2 is 1.88 bits per heavy atom. The van der Waals surface area contributed by atoms with Gasteiger partial charge in [-0.05, 0) is 51.3 Å². The first-order chi connectivity index (χ1) is 18.8. The van der Waals surface area contributed by atoms with Crippen molar-refractivity contribution < 1.29 is 19.1 Å². The summed E-state index contributed by atoms with van der Waals surface area (Å²) >= 11 is 3.25. The quantitative estimate of drug-likeness (QED) is 0.280. The van der Waals surface area contributed by atoms with Gasteiger partial charge in [0.2, 0.25) is 5.89 Å². The molecule has 0 radical (unpaired) electrons. The molecule has 0 bridgehead atoms. The minimum Gasteiger partial charge on any atom is -0.465 e. The number of rotatable bonds is 8. The summed E-state index contributed by atoms with van der Waals surface area (Å²) in [7, 11) is 0. The monoisotopic (exact) mass is 585 g/mol. The van der Waals surface area contributed by atoms with Gasteiger partial charge < -0.3 is 19.7 Å². The first kappa shape index (κ1) is 29.9. The molecule has 1 aromatic carbocycles. The van der Waals surface area contributed by atoms with Crippen molar-refractivity contribution in [3.8, 4) is 0 Å². The Hall–Kier alpha value is -3.05. The normalized spacial score (nSPS) is 16.1. The first-order valence-electron chi connectivity index (χ1n) is 13.5. The zero-order valence-corrected chi connectivity index (χ0v) is 25.7. The van der Waals surface area contributed by atoms with E-state index < -0.39 is 11.6 Å². The summed E-state index contributed by atoms with van der Waals surface area (Å²) in [4.78, 5) is 37.1. The fraction of sp³-hybridized carbons (Fsp3) is 0.517. The molecule has 1 atom stereocenters. The Bertz CT molecular complexity index is 1310. The lowest BCUT2D eigenvalue weighted by molar-refractivity contribution is 0.0714. The Kier molecular flexibility index (Phi) is 9.14. The summed E-state index contributed by atoms with van der Waals surface area (Å²) < 4.78 is 6.97. The van der Waals surface area contributed by atoms with Crippen LogP contribution in [0.25, 0.3) is 0 Å². The van der Waals surface area contributed by atoms with E-state index in [2.05, 4.69) is 36.1 Å². The number of oxazole rings is 1. The molecule has 1 aliphatic rings. The number of aromatic nitrogens is 2. The standard InChI is InChI=1S/C29H39N5O4S2/c1-28(2,3)22-14-30-23(38-22)18-39-24-15-31-26(40-24)32-21-8-7-13-33(17-21)25(35)20-11-9-19(10-12-20)16-34(27(36)37)29(4,5)6/h9-12,14-15,21H,7-8,13,16-18H2,1-6H3,(H,31,32)(H,36,37)/t21-/m1/s1. The number of benzene rings is 1. The van der Waals surface area contributed by atoms with Crippen molar-refractivity contribution in [1.29, 1.82) is 0 Å². The number of hydrogen-bond donors (Lipinski definition) is 2. The number of carbonyl (C=O) groups is 2. The van der Waals surface area contributed by atoms with E-state index in [1.165, 1.54) is 4.90 Å². The number of carbonyl (C=O) groups excluding carboxylic acids is 1. The van der Waals surface area contributed by atoms with Crippen LogP contribution in [0.5, 0.6) is 0 Å². The predicted octanol–water partition coefficient (Wildman–Crippen LogP) is 6.72. The van der Waals surface area contributed by atoms with E-state index in [9.17, 15) is 14.7 Å². The third-order valence-electron chi connectivity index (χ3n) is 6.73. The first-order valence-corrected chi connectivity index (χ1v) is 15.3. The van der Waals surface area contributed by atoms with Gasteiger partial charge in [-0.3, -0.25) is 9.69 Å². The molecule has 0 unspecified atom stereocenters. The fourth-order valence-electron chi connectivity index (χ4n) is 4.41. The number of amides is 2. The zero-order valence-electron chi connectivity index (χ0n) is 24.1. The molecule has 0 saturated carbocycles. The minimum atomic E-state index is -0.963. The van der Waals surface area contributed by atoms with E-state index in [4.69, 9.17) is 4.42 Å². The molecular weight excluding hydrogens is 546 g/mol. The van der Waals surface area contributed by atoms with Gasteiger partial charge >= 0.3 is 6.09 Å². The summed E-state index contributed by atoms with van der Waals surface area (Å²) in [6, 6.07) is 7.38. The Morgan fingerprint density at radius 1 is 1.15 bits per heavy atom. The average molecular weight is 586 g/mol. The molecule has 3 aromatic rings. The second-order valence-electron chi connectivity index (χ2n) is 12.1. The fourth-order valence-corrected chi connectivity index (χ4v) is 6.22. The molecule has 4 rings (SSSR count). The van der Waals surface area contributed by atoms with Crippen molar-refractivity contribution in [1.82, 2.24) is 19.8 Å². The van der Waals surface area contributed by atoms with Crippen molar-refractivity contribution in [2.75, 3.05) is 18.4 Å². The maximum absolute atomic E-state index is 13.2. The molecule has 9 nitrogen and oxygen atoms in total. The highest BCUT2D eigenvalue weighted by atomic mass is 32.2. The lowest BCUT2D eigenvalue weighted by Crippen LogP contribution is -2.45. The summed E-state index contributed by atoms with van der Waals surface area (Å²) in [5.74, 6) is 2.22. The number of carboxylic acid groups (broad SMARTS) is 1. The maximum Gasteiger partial charge on any atom is 0.408 e. The molecule has 11 heteroatoms. The van der Waals surface area contributed by atoms with Crippen LogP contribution >= 0.6 is 23.1 Å². The molecule has 3 heterocycles. The maximum atomic E-state index is 13.2. The van der Waals surface area contributed by atoms with Crippen LogP contribution in [0.3, 0.4) is 0 Å². The predicted molar refractivity (Wildman–Crippen MR) is 159 cm³/mol. The molecular formula is C29H39N5O4S2. The topological polar surface area (TPSA) is 112 Å². The molecule has 0 aliphatic carbocycles. The van der Waals surface area contributed by atoms with Crippen LogP contribution in [-0.4, -0.2) is 61.5 Å². The van der Waals surface area contributed by atoms with E-state index in [0.29, 0.717) is 30.3 Å². The molecule has 1 fully saturated rings. The van der Waals surface area contributed by atoms with Gasteiger partial charge in [-0.15, -0.1) is 11.8 Å². The van der Waals surface area contributed by atoms with E-state index in [0.717, 1.165) is 33.5 Å². The number of hydrogen-bond acceptors (Lipinski definition) is 8. The van der Waals surface area contributed by atoms with Gasteiger partial charge in [-0.2, -0.15) is 0 Å². The van der Waals surface area contributed by atoms with Crippen LogP contribution in [-0.2, 0) is 17.7 Å². The van der Waals surface area contributed by atoms with E-state index in [1.54, 1.807) is 41.4 Å². The molecule has 1 aliphatic heterocycles. The number of piperidine rings is 1. The van der Waals surface area contributed by atoms with Gasteiger partial charge in [-0.25, -0.2) is 14.8 Å². The molecule has 0 spiro atoms. The number of nitrogens with zero attached hydrogens (tertiary/aromatic N) is 4. The van der Waals surface area contributed by atoms with Gasteiger partial charge in [0.05, 0.1) is 22.4 Å². The summed E-state index contributed by atoms with van der Waals surface area (Å²) in [6.07, 6.45) is 4.58. The molecule has 2 N–H and O–H groups in total. The minimum absolute atomic E-state index is 0.0140. The third-order valence-corrected chi connectivity index (χ3v) is 8.84. The smallest absolute Gasteiger partial charge is 0.408 e. The number of nitrogens with one attached hydrogen (secondary N) is 1. The number of thiazole rings is 1. The van der Waals surface area contributed by atoms with Crippen LogP contribution in [0.1, 0.15) is 82.0 Å². The lowest BCUT2D eigenvalue weighted by atomic mass is 9.94. The number of thioether (sulfide) groups is 1. The van der Waals surface area contributed by atoms with Crippen LogP contribution in [0.2, 0.25) is 0 Å². The van der Waals surface area contributed by atoms with Crippen molar-refractivity contribution in [2.24, 2.45) is 0 Å². The Labute approximate surface area is 244 Å². The van der Waals surface area contributed by atoms with E-state index in [1.807, 2.05) is 44.0 Å². The van der Waals surface area contributed by atoms with Crippen LogP contribution in [0.4, 0.5) is 9.93 Å². The van der Waals surface area contributed by atoms with Crippen LogP contribution < -0.4 is 5.32 Å². The van der Waals surface area contributed by atoms with Crippen molar-refractivity contribution in [2.45, 2.75) is 87.9 Å². The largest absolute Gasteiger partial charge is 0.465 e. The molecule has 216 valence electrons. The average Bonchev–Trinajstić information content (AvgIpc) is 3.55. The molecule has 1 saturated heterocycles. The lowest BCUT2D eigenvalue weighted by Gasteiger charge is -2.34. The van der Waals surface area contributed by atoms with Crippen LogP contribution in [0.15, 0.2) is 45.3 Å². The zero-order chi connectivity index (χ0) is 29.1. The van der Waals surface area contributed by atoms with Crippen molar-refractivity contribution >= 4 is 40.2 Å². The van der Waals surface area contributed by atoms with Gasteiger partial charge in [-0.1, -0.05) is 44.2 Å². The Balaban J connectivity index is 1.30. The highest BCUT2D eigenvalue weighted by molar-refractivity contribution is 8.00. The van der Waals surface area contributed by atoms with E-state index >= 15 is 0 Å². The SMILES string of the molecule is CC(C)(C)c1cnc(CSc2cnc(N[C@@H]3CCCN(C(=O)c4ccc(CN(C(=O)O)C(C)(C)C)cc4)C3)s2)o1. The molecule has 40 heavy (non-hydrogen) atoms. The van der Waals surface area contributed by atoms with Crippen molar-refractivity contribution in [3.05, 3.63) is 59.4 Å². The second-order valence-corrected chi connectivity index (χ2v) is 14.4. The Morgan fingerprint density at radius 3 is 2.50 bits per heavy atom. The number of likely N-dealkylation sites (tertiary alicyclic amines) is 1. The highest BCUT2D eigenvalue weighted by Crippen LogP contribution is 2.32. The summed E-state index contributed by atoms with van der Waals surface area (Å²) in [5.41, 5.74) is 0.879. The van der Waals surface area contributed by atoms with Gasteiger partial charge in [0, 0.05) is 42.2 Å². The van der Waals surface area contributed by atoms with Crippen LogP contribution in [0, 0.1) is 0 Å². The second kappa shape index (κ2) is 12.2. The highest BCUT2D eigenvalue weighted by Gasteiger charge is 2.27. The molecule has 2 aromatic heterocycles. The summed E-state index contributed by atoms with van der Waals surface area (Å²) in [6.45, 7) is 13.5. The van der Waals surface area contributed by atoms with Crippen molar-refractivity contribution in [3.63, 3.8) is 0 Å².